The van der Waals surface area contributed by atoms with E-state index in [0.717, 1.165) is 10.9 Å². The summed E-state index contributed by atoms with van der Waals surface area (Å²) >= 11 is 0. The van der Waals surface area contributed by atoms with Gasteiger partial charge >= 0.3 is 0 Å². The Morgan fingerprint density at radius 1 is 1.00 bits per heavy atom. The van der Waals surface area contributed by atoms with Crippen molar-refractivity contribution in [3.8, 4) is 0 Å². The maximum Gasteiger partial charge on any atom is 0.261 e. The van der Waals surface area contributed by atoms with E-state index in [-0.39, 0.29) is 23.1 Å². The van der Waals surface area contributed by atoms with Gasteiger partial charge in [0, 0.05) is 41.4 Å². The Balaban J connectivity index is 1.81. The van der Waals surface area contributed by atoms with Crippen molar-refractivity contribution in [1.82, 2.24) is 9.47 Å². The fourth-order valence-electron chi connectivity index (χ4n) is 3.31. The van der Waals surface area contributed by atoms with Gasteiger partial charge in [-0.25, -0.2) is 8.42 Å². The number of aromatic nitrogens is 1. The zero-order valence-corrected chi connectivity index (χ0v) is 18.1. The number of hydrogen-bond donors (Lipinski definition) is 1. The van der Waals surface area contributed by atoms with Crippen LogP contribution >= 0.6 is 0 Å². The predicted octanol–water partition coefficient (Wildman–Crippen LogP) is 3.51. The number of ketones is 1. The van der Waals surface area contributed by atoms with E-state index >= 15 is 0 Å². The number of nitrogens with one attached hydrogen (secondary N) is 1. The Labute approximate surface area is 176 Å². The Hall–Kier alpha value is -3.13. The molecule has 0 saturated carbocycles. The highest BCUT2D eigenvalue weighted by Crippen LogP contribution is 2.23. The zero-order chi connectivity index (χ0) is 21.9. The lowest BCUT2D eigenvalue weighted by molar-refractivity contribution is -0.131. The molecule has 158 valence electrons. The van der Waals surface area contributed by atoms with Crippen molar-refractivity contribution in [3.63, 3.8) is 0 Å². The number of anilines is 1. The first-order valence-electron chi connectivity index (χ1n) is 9.75. The van der Waals surface area contributed by atoms with Crippen LogP contribution in [-0.2, 0) is 21.4 Å². The average molecular weight is 428 g/mol. The molecule has 3 aromatic rings. The minimum absolute atomic E-state index is 0.0382. The number of benzene rings is 2. The quantitative estimate of drug-likeness (QED) is 0.557. The highest BCUT2D eigenvalue weighted by molar-refractivity contribution is 7.92. The molecule has 30 heavy (non-hydrogen) atoms. The van der Waals surface area contributed by atoms with Gasteiger partial charge in [-0.15, -0.1) is 0 Å². The van der Waals surface area contributed by atoms with Crippen LogP contribution in [0.1, 0.15) is 31.1 Å². The summed E-state index contributed by atoms with van der Waals surface area (Å²) in [7, 11) is -3.78. The summed E-state index contributed by atoms with van der Waals surface area (Å²) in [4.78, 5) is 25.6. The van der Waals surface area contributed by atoms with Gasteiger partial charge in [0.1, 0.15) is 6.54 Å². The van der Waals surface area contributed by atoms with Crippen LogP contribution < -0.4 is 4.72 Å². The molecule has 0 bridgehead atoms. The van der Waals surface area contributed by atoms with Gasteiger partial charge in [-0.05, 0) is 57.2 Å². The fraction of sp³-hybridized carbons (Fsp3) is 0.273. The van der Waals surface area contributed by atoms with Gasteiger partial charge in [0.2, 0.25) is 5.91 Å². The van der Waals surface area contributed by atoms with E-state index in [9.17, 15) is 18.0 Å². The number of amides is 1. The summed E-state index contributed by atoms with van der Waals surface area (Å²) in [5.74, 6) is -0.0855. The molecule has 1 heterocycles. The van der Waals surface area contributed by atoms with Crippen LogP contribution in [0.4, 0.5) is 5.69 Å². The molecule has 1 amide bonds. The van der Waals surface area contributed by atoms with Gasteiger partial charge in [-0.3, -0.25) is 14.3 Å². The largest absolute Gasteiger partial charge is 0.342 e. The van der Waals surface area contributed by atoms with E-state index in [1.807, 2.05) is 30.7 Å². The summed E-state index contributed by atoms with van der Waals surface area (Å²) in [6.45, 7) is 6.88. The second-order valence-electron chi connectivity index (χ2n) is 6.97. The van der Waals surface area contributed by atoms with Crippen LogP contribution in [-0.4, -0.2) is 42.7 Å². The van der Waals surface area contributed by atoms with Crippen LogP contribution in [0.5, 0.6) is 0 Å². The number of sulfonamides is 1. The number of rotatable bonds is 8. The first-order valence-corrected chi connectivity index (χ1v) is 11.2. The van der Waals surface area contributed by atoms with Crippen molar-refractivity contribution in [3.05, 3.63) is 60.3 Å². The van der Waals surface area contributed by atoms with Crippen molar-refractivity contribution < 1.29 is 18.0 Å². The summed E-state index contributed by atoms with van der Waals surface area (Å²) in [6.07, 6.45) is 1.82. The summed E-state index contributed by atoms with van der Waals surface area (Å²) in [5.41, 5.74) is 1.73. The molecule has 1 N–H and O–H groups in total. The Bertz CT molecular complexity index is 1180. The molecule has 3 rings (SSSR count). The summed E-state index contributed by atoms with van der Waals surface area (Å²) in [6, 6.07) is 12.9. The Morgan fingerprint density at radius 2 is 1.67 bits per heavy atom. The van der Waals surface area contributed by atoms with Gasteiger partial charge in [0.15, 0.2) is 5.78 Å². The third-order valence-electron chi connectivity index (χ3n) is 5.02. The standard InChI is InChI=1S/C22H25N3O4S/c1-4-24(5-2)22(27)15-25-13-12-18-14-19(8-11-21(18)25)23-30(28,29)20-9-6-17(7-10-20)16(3)26/h6-14,23H,4-5,15H2,1-3H3. The molecule has 0 aliphatic rings. The van der Waals surface area contributed by atoms with Crippen LogP contribution in [0.15, 0.2) is 59.6 Å². The average Bonchev–Trinajstić information content (AvgIpc) is 3.10. The molecule has 0 unspecified atom stereocenters. The Kier molecular flexibility index (Phi) is 6.26. The molecule has 0 aliphatic carbocycles. The second-order valence-corrected chi connectivity index (χ2v) is 8.65. The predicted molar refractivity (Wildman–Crippen MR) is 117 cm³/mol. The number of likely N-dealkylation sites (N-methyl/N-ethyl adjacent to an activating group) is 1. The van der Waals surface area contributed by atoms with Gasteiger partial charge in [-0.2, -0.15) is 0 Å². The van der Waals surface area contributed by atoms with E-state index in [1.165, 1.54) is 31.2 Å². The first kappa shape index (κ1) is 21.6. The molecule has 0 spiro atoms. The summed E-state index contributed by atoms with van der Waals surface area (Å²) in [5, 5.41) is 0.828. The van der Waals surface area contributed by atoms with Gasteiger partial charge in [0.05, 0.1) is 4.90 Å². The lowest BCUT2D eigenvalue weighted by Crippen LogP contribution is -2.33. The van der Waals surface area contributed by atoms with Crippen molar-refractivity contribution in [2.45, 2.75) is 32.2 Å². The maximum atomic E-state index is 12.7. The lowest BCUT2D eigenvalue weighted by atomic mass is 10.2. The van der Waals surface area contributed by atoms with Crippen LogP contribution in [0.2, 0.25) is 0 Å². The SMILES string of the molecule is CCN(CC)C(=O)Cn1ccc2cc(NS(=O)(=O)c3ccc(C(C)=O)cc3)ccc21. The minimum Gasteiger partial charge on any atom is -0.342 e. The Morgan fingerprint density at radius 3 is 2.27 bits per heavy atom. The monoisotopic (exact) mass is 427 g/mol. The molecule has 2 aromatic carbocycles. The minimum atomic E-state index is -3.78. The molecular weight excluding hydrogens is 402 g/mol. The number of hydrogen-bond acceptors (Lipinski definition) is 4. The van der Waals surface area contributed by atoms with Gasteiger partial charge in [-0.1, -0.05) is 12.1 Å². The molecule has 0 saturated heterocycles. The van der Waals surface area contributed by atoms with Gasteiger partial charge < -0.3 is 9.47 Å². The third-order valence-corrected chi connectivity index (χ3v) is 6.41. The normalized spacial score (nSPS) is 11.4. The van der Waals surface area contributed by atoms with Crippen LogP contribution in [0.25, 0.3) is 10.9 Å². The first-order chi connectivity index (χ1) is 14.2. The highest BCUT2D eigenvalue weighted by Gasteiger charge is 2.16. The highest BCUT2D eigenvalue weighted by atomic mass is 32.2. The molecule has 0 fully saturated rings. The lowest BCUT2D eigenvalue weighted by Gasteiger charge is -2.19. The smallest absolute Gasteiger partial charge is 0.261 e. The van der Waals surface area contributed by atoms with E-state index in [0.29, 0.717) is 24.3 Å². The van der Waals surface area contributed by atoms with E-state index in [4.69, 9.17) is 0 Å². The third kappa shape index (κ3) is 4.54. The second kappa shape index (κ2) is 8.71. The number of Topliss-reactive ketones (excluding diaryl/α,β-unsaturated/α-hetero) is 1. The number of carbonyl (C=O) groups is 2. The zero-order valence-electron chi connectivity index (χ0n) is 17.3. The summed E-state index contributed by atoms with van der Waals surface area (Å²) < 4.78 is 29.7. The van der Waals surface area contributed by atoms with Crippen molar-refractivity contribution >= 4 is 38.3 Å². The number of nitrogens with zero attached hydrogens (tertiary/aromatic N) is 2. The van der Waals surface area contributed by atoms with Crippen LogP contribution in [0, 0.1) is 0 Å². The van der Waals surface area contributed by atoms with Crippen molar-refractivity contribution in [2.24, 2.45) is 0 Å². The van der Waals surface area contributed by atoms with Crippen molar-refractivity contribution in [1.29, 1.82) is 0 Å². The topological polar surface area (TPSA) is 88.5 Å². The molecule has 0 aliphatic heterocycles. The number of fused-ring (bicyclic) bond motifs is 1. The molecule has 1 aromatic heterocycles. The number of carbonyl (C=O) groups excluding carboxylic acids is 2. The molecule has 7 nitrogen and oxygen atoms in total. The molecule has 0 radical (unpaired) electrons. The van der Waals surface area contributed by atoms with Crippen molar-refractivity contribution in [2.75, 3.05) is 17.8 Å². The van der Waals surface area contributed by atoms with Crippen LogP contribution in [0.3, 0.4) is 0 Å². The fourth-order valence-corrected chi connectivity index (χ4v) is 4.36. The maximum absolute atomic E-state index is 12.7. The molecular formula is C22H25N3O4S. The van der Waals surface area contributed by atoms with E-state index in [1.54, 1.807) is 23.1 Å². The van der Waals surface area contributed by atoms with Gasteiger partial charge in [0.25, 0.3) is 10.0 Å². The van der Waals surface area contributed by atoms with E-state index in [2.05, 4.69) is 4.72 Å². The molecule has 0 atom stereocenters. The molecule has 8 heteroatoms. The van der Waals surface area contributed by atoms with E-state index < -0.39 is 10.0 Å².